The molecule has 2 N–H and O–H groups in total. The van der Waals surface area contributed by atoms with Gasteiger partial charge in [-0.15, -0.1) is 0 Å². The summed E-state index contributed by atoms with van der Waals surface area (Å²) < 4.78 is 5.85. The zero-order valence-corrected chi connectivity index (χ0v) is 19.6. The van der Waals surface area contributed by atoms with Crippen molar-refractivity contribution in [3.05, 3.63) is 54.0 Å². The van der Waals surface area contributed by atoms with Crippen LogP contribution in [0.2, 0.25) is 0 Å². The second-order valence-electron chi connectivity index (χ2n) is 9.08. The molecule has 0 radical (unpaired) electrons. The number of hydrogen-bond acceptors (Lipinski definition) is 8. The zero-order chi connectivity index (χ0) is 23.8. The number of urea groups is 1. The molecule has 6 rings (SSSR count). The maximum atomic E-state index is 11.9. The van der Waals surface area contributed by atoms with E-state index in [1.165, 1.54) is 5.56 Å². The SMILES string of the molecule is CCNC(=O)Nc1ccc(-c2nc3c(c(N4CC5CC4CO5)n2)CCN(c2ncccn2)C3)cc1. The van der Waals surface area contributed by atoms with Gasteiger partial charge < -0.3 is 25.2 Å². The summed E-state index contributed by atoms with van der Waals surface area (Å²) in [7, 11) is 0. The highest BCUT2D eigenvalue weighted by Gasteiger charge is 2.41. The summed E-state index contributed by atoms with van der Waals surface area (Å²) in [4.78, 5) is 35.4. The Morgan fingerprint density at radius 2 is 2.00 bits per heavy atom. The summed E-state index contributed by atoms with van der Waals surface area (Å²) in [6.07, 6.45) is 5.72. The van der Waals surface area contributed by atoms with Gasteiger partial charge in [0.2, 0.25) is 5.95 Å². The molecule has 2 bridgehead atoms. The predicted molar refractivity (Wildman–Crippen MR) is 132 cm³/mol. The van der Waals surface area contributed by atoms with Gasteiger partial charge in [0.25, 0.3) is 0 Å². The van der Waals surface area contributed by atoms with Gasteiger partial charge >= 0.3 is 6.03 Å². The third-order valence-corrected chi connectivity index (χ3v) is 6.79. The molecule has 3 aliphatic heterocycles. The second-order valence-corrected chi connectivity index (χ2v) is 9.08. The number of aromatic nitrogens is 4. The molecular weight excluding hydrogens is 444 g/mol. The Morgan fingerprint density at radius 3 is 2.71 bits per heavy atom. The number of carbonyl (C=O) groups excluding carboxylic acids is 1. The molecule has 180 valence electrons. The highest BCUT2D eigenvalue weighted by molar-refractivity contribution is 5.89. The Morgan fingerprint density at radius 1 is 1.17 bits per heavy atom. The number of anilines is 3. The van der Waals surface area contributed by atoms with Crippen LogP contribution in [0.1, 0.15) is 24.6 Å². The van der Waals surface area contributed by atoms with Crippen molar-refractivity contribution in [2.24, 2.45) is 0 Å². The number of morpholine rings is 1. The maximum absolute atomic E-state index is 11.9. The van der Waals surface area contributed by atoms with E-state index in [2.05, 4.69) is 30.4 Å². The molecule has 3 aromatic rings. The average molecular weight is 473 g/mol. The topological polar surface area (TPSA) is 108 Å². The fourth-order valence-corrected chi connectivity index (χ4v) is 5.10. The molecule has 35 heavy (non-hydrogen) atoms. The summed E-state index contributed by atoms with van der Waals surface area (Å²) in [6.45, 7) is 5.54. The molecule has 0 saturated carbocycles. The zero-order valence-electron chi connectivity index (χ0n) is 19.6. The van der Waals surface area contributed by atoms with Gasteiger partial charge in [0.1, 0.15) is 5.82 Å². The van der Waals surface area contributed by atoms with Crippen LogP contribution >= 0.6 is 0 Å². The van der Waals surface area contributed by atoms with Gasteiger partial charge in [-0.2, -0.15) is 0 Å². The third-order valence-electron chi connectivity index (χ3n) is 6.79. The Balaban J connectivity index is 1.34. The number of fused-ring (bicyclic) bond motifs is 3. The normalized spacial score (nSPS) is 20.6. The molecule has 0 spiro atoms. The fraction of sp³-hybridized carbons (Fsp3) is 0.400. The Labute approximate surface area is 203 Å². The molecule has 2 aromatic heterocycles. The van der Waals surface area contributed by atoms with E-state index in [9.17, 15) is 4.79 Å². The lowest BCUT2D eigenvalue weighted by atomic mass is 10.0. The molecule has 2 saturated heterocycles. The largest absolute Gasteiger partial charge is 0.374 e. The van der Waals surface area contributed by atoms with Crippen molar-refractivity contribution in [1.82, 2.24) is 25.3 Å². The van der Waals surface area contributed by atoms with Crippen molar-refractivity contribution in [3.8, 4) is 11.4 Å². The molecule has 0 aliphatic carbocycles. The van der Waals surface area contributed by atoms with Crippen LogP contribution in [0.5, 0.6) is 0 Å². The minimum absolute atomic E-state index is 0.220. The first kappa shape index (κ1) is 21.7. The van der Waals surface area contributed by atoms with Crippen molar-refractivity contribution in [2.45, 2.75) is 38.5 Å². The predicted octanol–water partition coefficient (Wildman–Crippen LogP) is 2.62. The van der Waals surface area contributed by atoms with E-state index in [0.29, 0.717) is 30.9 Å². The van der Waals surface area contributed by atoms with E-state index in [0.717, 1.165) is 55.3 Å². The number of nitrogens with zero attached hydrogens (tertiary/aromatic N) is 6. The lowest BCUT2D eigenvalue weighted by Crippen LogP contribution is -2.40. The monoisotopic (exact) mass is 472 g/mol. The summed E-state index contributed by atoms with van der Waals surface area (Å²) >= 11 is 0. The van der Waals surface area contributed by atoms with Gasteiger partial charge in [-0.25, -0.2) is 24.7 Å². The average Bonchev–Trinajstić information content (AvgIpc) is 3.53. The molecule has 2 atom stereocenters. The van der Waals surface area contributed by atoms with E-state index >= 15 is 0 Å². The summed E-state index contributed by atoms with van der Waals surface area (Å²) in [5.74, 6) is 2.43. The van der Waals surface area contributed by atoms with Crippen LogP contribution in [0, 0.1) is 0 Å². The van der Waals surface area contributed by atoms with Gasteiger partial charge in [0.15, 0.2) is 5.82 Å². The number of benzene rings is 1. The van der Waals surface area contributed by atoms with Gasteiger partial charge in [0, 0.05) is 48.8 Å². The number of amides is 2. The Bertz CT molecular complexity index is 1220. The number of rotatable bonds is 5. The number of carbonyl (C=O) groups is 1. The van der Waals surface area contributed by atoms with Crippen LogP contribution < -0.4 is 20.4 Å². The molecule has 1 aromatic carbocycles. The molecular formula is C25H28N8O2. The highest BCUT2D eigenvalue weighted by Crippen LogP contribution is 2.37. The van der Waals surface area contributed by atoms with E-state index in [4.69, 9.17) is 14.7 Å². The van der Waals surface area contributed by atoms with Gasteiger partial charge in [-0.05, 0) is 50.1 Å². The Kier molecular flexibility index (Phi) is 5.65. The van der Waals surface area contributed by atoms with Gasteiger partial charge in [0.05, 0.1) is 31.0 Å². The van der Waals surface area contributed by atoms with Crippen LogP contribution in [0.3, 0.4) is 0 Å². The van der Waals surface area contributed by atoms with Crippen LogP contribution in [-0.4, -0.2) is 64.4 Å². The molecule has 5 heterocycles. The van der Waals surface area contributed by atoms with Crippen molar-refractivity contribution in [3.63, 3.8) is 0 Å². The van der Waals surface area contributed by atoms with Crippen molar-refractivity contribution < 1.29 is 9.53 Å². The van der Waals surface area contributed by atoms with Gasteiger partial charge in [-0.3, -0.25) is 0 Å². The standard InChI is InChI=1S/C25H28N8O2/c1-2-26-25(34)29-17-6-4-16(5-7-17)22-30-21-14-32(24-27-9-3-10-28-24)11-8-20(21)23(31-22)33-13-19-12-18(33)15-35-19/h3-7,9-10,18-19H,2,8,11-15H2,1H3,(H2,26,29,34). The number of nitrogens with one attached hydrogen (secondary N) is 2. The second kappa shape index (κ2) is 9.10. The number of hydrogen-bond donors (Lipinski definition) is 2. The fourth-order valence-electron chi connectivity index (χ4n) is 5.10. The maximum Gasteiger partial charge on any atom is 0.319 e. The first-order valence-electron chi connectivity index (χ1n) is 12.1. The number of ether oxygens (including phenoxy) is 1. The van der Waals surface area contributed by atoms with Crippen molar-refractivity contribution >= 4 is 23.5 Å². The summed E-state index contributed by atoms with van der Waals surface area (Å²) in [5, 5.41) is 5.57. The lowest BCUT2D eigenvalue weighted by Gasteiger charge is -2.34. The molecule has 10 heteroatoms. The minimum Gasteiger partial charge on any atom is -0.374 e. The summed E-state index contributed by atoms with van der Waals surface area (Å²) in [5.41, 5.74) is 3.85. The van der Waals surface area contributed by atoms with Gasteiger partial charge in [-0.1, -0.05) is 0 Å². The van der Waals surface area contributed by atoms with Crippen molar-refractivity contribution in [1.29, 1.82) is 0 Å². The first-order valence-corrected chi connectivity index (χ1v) is 12.1. The first-order chi connectivity index (χ1) is 17.2. The van der Waals surface area contributed by atoms with E-state index in [-0.39, 0.29) is 12.1 Å². The molecule has 2 amide bonds. The van der Waals surface area contributed by atoms with E-state index in [1.807, 2.05) is 37.3 Å². The van der Waals surface area contributed by atoms with Crippen LogP contribution in [0.4, 0.5) is 22.2 Å². The molecule has 2 unspecified atom stereocenters. The van der Waals surface area contributed by atoms with Crippen molar-refractivity contribution in [2.75, 3.05) is 41.4 Å². The molecule has 2 fully saturated rings. The third kappa shape index (κ3) is 4.25. The van der Waals surface area contributed by atoms with E-state index < -0.39 is 0 Å². The van der Waals surface area contributed by atoms with Crippen LogP contribution in [0.25, 0.3) is 11.4 Å². The Hall–Kier alpha value is -3.79. The molecule has 10 nitrogen and oxygen atoms in total. The molecule has 3 aliphatic rings. The smallest absolute Gasteiger partial charge is 0.319 e. The van der Waals surface area contributed by atoms with Crippen LogP contribution in [-0.2, 0) is 17.7 Å². The lowest BCUT2D eigenvalue weighted by molar-refractivity contribution is 0.0988. The summed E-state index contributed by atoms with van der Waals surface area (Å²) in [6, 6.07) is 9.63. The quantitative estimate of drug-likeness (QED) is 0.583. The van der Waals surface area contributed by atoms with Crippen LogP contribution in [0.15, 0.2) is 42.7 Å². The highest BCUT2D eigenvalue weighted by atomic mass is 16.5. The minimum atomic E-state index is -0.220. The van der Waals surface area contributed by atoms with E-state index in [1.54, 1.807) is 12.4 Å².